The highest BCUT2D eigenvalue weighted by atomic mass is 79.9. The third kappa shape index (κ3) is 3.51. The van der Waals surface area contributed by atoms with E-state index >= 15 is 0 Å². The Balaban J connectivity index is 2.22. The molecule has 3 nitrogen and oxygen atoms in total. The van der Waals surface area contributed by atoms with Gasteiger partial charge in [-0.25, -0.2) is 0 Å². The van der Waals surface area contributed by atoms with Crippen LogP contribution in [0.25, 0.3) is 0 Å². The molecule has 0 radical (unpaired) electrons. The average molecular weight is 415 g/mol. The number of hydrogen-bond donors (Lipinski definition) is 1. The summed E-state index contributed by atoms with van der Waals surface area (Å²) in [5, 5.41) is 8.14. The van der Waals surface area contributed by atoms with Gasteiger partial charge in [-0.05, 0) is 66.4 Å². The molecule has 0 atom stereocenters. The lowest BCUT2D eigenvalue weighted by molar-refractivity contribution is 0.619. The Morgan fingerprint density at radius 2 is 1.71 bits per heavy atom. The Kier molecular flexibility index (Phi) is 5.49. The van der Waals surface area contributed by atoms with Gasteiger partial charge < -0.3 is 5.32 Å². The van der Waals surface area contributed by atoms with E-state index in [0.29, 0.717) is 0 Å². The summed E-state index contributed by atoms with van der Waals surface area (Å²) in [6.45, 7) is 10.1. The molecule has 1 aromatic carbocycles. The highest BCUT2D eigenvalue weighted by molar-refractivity contribution is 9.10. The molecule has 2 aromatic rings. The number of rotatable bonds is 5. The van der Waals surface area contributed by atoms with Gasteiger partial charge in [0.05, 0.1) is 22.4 Å². The van der Waals surface area contributed by atoms with Crippen LogP contribution in [0.4, 0.5) is 5.69 Å². The number of nitrogens with one attached hydrogen (secondary N) is 1. The average Bonchev–Trinajstić information content (AvgIpc) is 2.78. The van der Waals surface area contributed by atoms with E-state index in [1.165, 1.54) is 21.3 Å². The molecule has 0 spiro atoms. The number of anilines is 1. The molecule has 0 aliphatic rings. The molecule has 114 valence electrons. The third-order valence-electron chi connectivity index (χ3n) is 3.59. The molecule has 5 heteroatoms. The van der Waals surface area contributed by atoms with Crippen LogP contribution < -0.4 is 5.32 Å². The molecule has 0 saturated heterocycles. The van der Waals surface area contributed by atoms with Crippen LogP contribution in [-0.4, -0.2) is 9.78 Å². The van der Waals surface area contributed by atoms with E-state index in [4.69, 9.17) is 0 Å². The molecule has 0 amide bonds. The molecule has 21 heavy (non-hydrogen) atoms. The van der Waals surface area contributed by atoms with E-state index in [2.05, 4.69) is 86.8 Å². The van der Waals surface area contributed by atoms with Crippen molar-refractivity contribution in [3.63, 3.8) is 0 Å². The summed E-state index contributed by atoms with van der Waals surface area (Å²) in [5.74, 6) is 0. The van der Waals surface area contributed by atoms with Gasteiger partial charge in [0, 0.05) is 16.7 Å². The van der Waals surface area contributed by atoms with Gasteiger partial charge in [0.25, 0.3) is 0 Å². The largest absolute Gasteiger partial charge is 0.379 e. The van der Waals surface area contributed by atoms with E-state index < -0.39 is 0 Å². The van der Waals surface area contributed by atoms with Crippen LogP contribution in [0.15, 0.2) is 21.1 Å². The maximum Gasteiger partial charge on any atom is 0.0767 e. The molecule has 1 heterocycles. The minimum atomic E-state index is 0.766. The molecule has 0 aliphatic carbocycles. The lowest BCUT2D eigenvalue weighted by Crippen LogP contribution is -2.08. The van der Waals surface area contributed by atoms with Crippen molar-refractivity contribution >= 4 is 37.5 Å². The van der Waals surface area contributed by atoms with E-state index in [1.54, 1.807) is 0 Å². The maximum atomic E-state index is 4.63. The molecule has 0 bridgehead atoms. The van der Waals surface area contributed by atoms with Gasteiger partial charge in [-0.1, -0.05) is 22.9 Å². The number of halogens is 2. The van der Waals surface area contributed by atoms with E-state index in [1.807, 2.05) is 0 Å². The van der Waals surface area contributed by atoms with Crippen molar-refractivity contribution in [2.24, 2.45) is 0 Å². The minimum Gasteiger partial charge on any atom is -0.379 e. The van der Waals surface area contributed by atoms with Crippen molar-refractivity contribution in [2.75, 3.05) is 5.32 Å². The van der Waals surface area contributed by atoms with Crippen LogP contribution in [-0.2, 0) is 19.5 Å². The Bertz CT molecular complexity index is 624. The molecular weight excluding hydrogens is 394 g/mol. The normalized spacial score (nSPS) is 11.0. The quantitative estimate of drug-likeness (QED) is 0.726. The molecular formula is C16H21Br2N3. The second-order valence-corrected chi connectivity index (χ2v) is 6.74. The predicted molar refractivity (Wildman–Crippen MR) is 95.9 cm³/mol. The highest BCUT2D eigenvalue weighted by Crippen LogP contribution is 2.27. The lowest BCUT2D eigenvalue weighted by atomic mass is 10.1. The smallest absolute Gasteiger partial charge is 0.0767 e. The molecule has 0 unspecified atom stereocenters. The van der Waals surface area contributed by atoms with Crippen molar-refractivity contribution in [2.45, 2.75) is 47.2 Å². The summed E-state index contributed by atoms with van der Waals surface area (Å²) in [5.41, 5.74) is 5.95. The van der Waals surface area contributed by atoms with Crippen molar-refractivity contribution < 1.29 is 0 Å². The van der Waals surface area contributed by atoms with E-state index in [-0.39, 0.29) is 0 Å². The standard InChI is InChI=1S/C16H21Br2N3/c1-5-13-16(18)14(21(6-2)20-13)9-19-12-7-10(3)15(17)11(4)8-12/h7-8,19H,5-6,9H2,1-4H3. The Labute approximate surface area is 143 Å². The molecule has 1 aromatic heterocycles. The zero-order valence-electron chi connectivity index (χ0n) is 12.9. The first-order valence-corrected chi connectivity index (χ1v) is 8.81. The first kappa shape index (κ1) is 16.6. The third-order valence-corrected chi connectivity index (χ3v) is 5.76. The minimum absolute atomic E-state index is 0.766. The Morgan fingerprint density at radius 3 is 2.24 bits per heavy atom. The number of benzene rings is 1. The van der Waals surface area contributed by atoms with Crippen molar-refractivity contribution in [3.05, 3.63) is 43.6 Å². The summed E-state index contributed by atoms with van der Waals surface area (Å²) in [6, 6.07) is 4.33. The van der Waals surface area contributed by atoms with Gasteiger partial charge >= 0.3 is 0 Å². The SMILES string of the molecule is CCc1nn(CC)c(CNc2cc(C)c(Br)c(C)c2)c1Br. The van der Waals surface area contributed by atoms with Gasteiger partial charge in [0.15, 0.2) is 0 Å². The molecule has 0 aliphatic heterocycles. The second kappa shape index (κ2) is 6.97. The second-order valence-electron chi connectivity index (χ2n) is 5.15. The molecule has 1 N–H and O–H groups in total. The maximum absolute atomic E-state index is 4.63. The van der Waals surface area contributed by atoms with Crippen LogP contribution in [0.5, 0.6) is 0 Å². The van der Waals surface area contributed by atoms with Gasteiger partial charge in [0.1, 0.15) is 0 Å². The number of aromatic nitrogens is 2. The zero-order valence-corrected chi connectivity index (χ0v) is 16.1. The fourth-order valence-electron chi connectivity index (χ4n) is 2.42. The van der Waals surface area contributed by atoms with E-state index in [0.717, 1.165) is 35.4 Å². The first-order chi connectivity index (χ1) is 9.97. The van der Waals surface area contributed by atoms with Crippen molar-refractivity contribution in [1.29, 1.82) is 0 Å². The fraction of sp³-hybridized carbons (Fsp3) is 0.438. The van der Waals surface area contributed by atoms with E-state index in [9.17, 15) is 0 Å². The van der Waals surface area contributed by atoms with Gasteiger partial charge in [-0.15, -0.1) is 0 Å². The fourth-order valence-corrected chi connectivity index (χ4v) is 3.35. The van der Waals surface area contributed by atoms with Gasteiger partial charge in [0.2, 0.25) is 0 Å². The molecule has 2 rings (SSSR count). The first-order valence-electron chi connectivity index (χ1n) is 7.22. The Hall–Kier alpha value is -0.810. The topological polar surface area (TPSA) is 29.9 Å². The van der Waals surface area contributed by atoms with Crippen LogP contribution >= 0.6 is 31.9 Å². The summed E-state index contributed by atoms with van der Waals surface area (Å²) in [6.07, 6.45) is 0.942. The highest BCUT2D eigenvalue weighted by Gasteiger charge is 2.13. The number of aryl methyl sites for hydroxylation is 4. The Morgan fingerprint density at radius 1 is 1.10 bits per heavy atom. The molecule has 0 saturated carbocycles. The molecule has 0 fully saturated rings. The van der Waals surface area contributed by atoms with Crippen LogP contribution in [0.3, 0.4) is 0 Å². The summed E-state index contributed by atoms with van der Waals surface area (Å²) < 4.78 is 4.38. The van der Waals surface area contributed by atoms with Crippen LogP contribution in [0.1, 0.15) is 36.4 Å². The van der Waals surface area contributed by atoms with Crippen molar-refractivity contribution in [3.8, 4) is 0 Å². The van der Waals surface area contributed by atoms with Gasteiger partial charge in [-0.2, -0.15) is 5.10 Å². The predicted octanol–water partition coefficient (Wildman–Crippen LogP) is 5.22. The summed E-state index contributed by atoms with van der Waals surface area (Å²) >= 11 is 7.29. The summed E-state index contributed by atoms with van der Waals surface area (Å²) in [7, 11) is 0. The monoisotopic (exact) mass is 413 g/mol. The van der Waals surface area contributed by atoms with Crippen LogP contribution in [0.2, 0.25) is 0 Å². The summed E-state index contributed by atoms with van der Waals surface area (Å²) in [4.78, 5) is 0. The van der Waals surface area contributed by atoms with Crippen LogP contribution in [0, 0.1) is 13.8 Å². The number of nitrogens with zero attached hydrogens (tertiary/aromatic N) is 2. The van der Waals surface area contributed by atoms with Crippen molar-refractivity contribution in [1.82, 2.24) is 9.78 Å². The van der Waals surface area contributed by atoms with Gasteiger partial charge in [-0.3, -0.25) is 4.68 Å². The number of hydrogen-bond acceptors (Lipinski definition) is 2. The zero-order chi connectivity index (χ0) is 15.6. The lowest BCUT2D eigenvalue weighted by Gasteiger charge is -2.12.